The van der Waals surface area contributed by atoms with E-state index in [2.05, 4.69) is 58.9 Å². The summed E-state index contributed by atoms with van der Waals surface area (Å²) in [6.07, 6.45) is 4.89. The van der Waals surface area contributed by atoms with Crippen LogP contribution in [0.4, 0.5) is 0 Å². The minimum Gasteiger partial charge on any atom is -0.487 e. The second kappa shape index (κ2) is 6.98. The van der Waals surface area contributed by atoms with Crippen LogP contribution in [0.1, 0.15) is 36.8 Å². The van der Waals surface area contributed by atoms with Crippen LogP contribution in [0.5, 0.6) is 5.75 Å². The number of fused-ring (bicyclic) bond motifs is 1. The molecule has 2 aromatic rings. The van der Waals surface area contributed by atoms with Gasteiger partial charge in [-0.1, -0.05) is 18.2 Å². The molecule has 1 unspecified atom stereocenters. The third kappa shape index (κ3) is 3.54. The van der Waals surface area contributed by atoms with E-state index in [1.165, 1.54) is 11.1 Å². The SMILES string of the molecule is Cl.Cn1ccnc1C1CNCCN1Cc1cccc2c1OC(C)(C)C2. The monoisotopic (exact) mass is 362 g/mol. The quantitative estimate of drug-likeness (QED) is 0.911. The van der Waals surface area contributed by atoms with Crippen LogP contribution in [0, 0.1) is 0 Å². The first-order chi connectivity index (χ1) is 11.5. The molecule has 0 spiro atoms. The second-order valence-corrected chi connectivity index (χ2v) is 7.53. The zero-order chi connectivity index (χ0) is 16.7. The van der Waals surface area contributed by atoms with Crippen molar-refractivity contribution < 1.29 is 4.74 Å². The highest BCUT2D eigenvalue weighted by Gasteiger charge is 2.33. The van der Waals surface area contributed by atoms with Gasteiger partial charge in [-0.15, -0.1) is 12.4 Å². The summed E-state index contributed by atoms with van der Waals surface area (Å²) in [6, 6.07) is 6.86. The van der Waals surface area contributed by atoms with Crippen molar-refractivity contribution in [2.24, 2.45) is 7.05 Å². The minimum atomic E-state index is -0.0963. The fourth-order valence-corrected chi connectivity index (χ4v) is 3.91. The highest BCUT2D eigenvalue weighted by atomic mass is 35.5. The molecule has 1 fully saturated rings. The third-order valence-corrected chi connectivity index (χ3v) is 5.06. The molecule has 1 atom stereocenters. The van der Waals surface area contributed by atoms with E-state index in [1.807, 2.05) is 12.4 Å². The average Bonchev–Trinajstić information content (AvgIpc) is 3.10. The Balaban J connectivity index is 0.00000182. The van der Waals surface area contributed by atoms with Crippen LogP contribution in [-0.2, 0) is 20.0 Å². The summed E-state index contributed by atoms with van der Waals surface area (Å²) in [7, 11) is 2.07. The molecule has 0 bridgehead atoms. The minimum absolute atomic E-state index is 0. The number of piperazine rings is 1. The van der Waals surface area contributed by atoms with E-state index in [0.717, 1.165) is 44.2 Å². The Bertz CT molecular complexity index is 743. The van der Waals surface area contributed by atoms with Crippen LogP contribution in [-0.4, -0.2) is 39.7 Å². The fourth-order valence-electron chi connectivity index (χ4n) is 3.91. The molecule has 0 aliphatic carbocycles. The number of para-hydroxylation sites is 1. The average molecular weight is 363 g/mol. The lowest BCUT2D eigenvalue weighted by atomic mass is 10.00. The third-order valence-electron chi connectivity index (χ3n) is 5.06. The van der Waals surface area contributed by atoms with Crippen LogP contribution in [0.25, 0.3) is 0 Å². The second-order valence-electron chi connectivity index (χ2n) is 7.53. The molecule has 4 rings (SSSR count). The number of nitrogens with zero attached hydrogens (tertiary/aromatic N) is 3. The Hall–Kier alpha value is -1.56. The molecule has 5 nitrogen and oxygen atoms in total. The molecule has 1 N–H and O–H groups in total. The molecule has 3 heterocycles. The molecule has 0 saturated carbocycles. The first-order valence-corrected chi connectivity index (χ1v) is 8.75. The van der Waals surface area contributed by atoms with Crippen LogP contribution in [0.2, 0.25) is 0 Å². The number of nitrogens with one attached hydrogen (secondary N) is 1. The van der Waals surface area contributed by atoms with E-state index in [-0.39, 0.29) is 18.0 Å². The summed E-state index contributed by atoms with van der Waals surface area (Å²) in [5.41, 5.74) is 2.53. The number of benzene rings is 1. The summed E-state index contributed by atoms with van der Waals surface area (Å²) >= 11 is 0. The van der Waals surface area contributed by atoms with E-state index in [0.29, 0.717) is 6.04 Å². The number of aromatic nitrogens is 2. The van der Waals surface area contributed by atoms with Gasteiger partial charge in [-0.25, -0.2) is 4.98 Å². The molecule has 1 aromatic carbocycles. The van der Waals surface area contributed by atoms with Crippen molar-refractivity contribution in [1.82, 2.24) is 19.8 Å². The highest BCUT2D eigenvalue weighted by molar-refractivity contribution is 5.85. The van der Waals surface area contributed by atoms with Crippen molar-refractivity contribution in [3.8, 4) is 5.75 Å². The Kier molecular flexibility index (Phi) is 5.09. The van der Waals surface area contributed by atoms with Gasteiger partial charge in [-0.05, 0) is 19.4 Å². The number of aryl methyl sites for hydroxylation is 1. The van der Waals surface area contributed by atoms with E-state index in [1.54, 1.807) is 0 Å². The van der Waals surface area contributed by atoms with Gasteiger partial charge in [0.1, 0.15) is 17.2 Å². The molecule has 25 heavy (non-hydrogen) atoms. The van der Waals surface area contributed by atoms with Crippen LogP contribution < -0.4 is 10.1 Å². The Labute approximate surface area is 155 Å². The maximum absolute atomic E-state index is 6.25. The molecule has 136 valence electrons. The van der Waals surface area contributed by atoms with Gasteiger partial charge in [0.2, 0.25) is 0 Å². The summed E-state index contributed by atoms with van der Waals surface area (Å²) in [6.45, 7) is 8.20. The van der Waals surface area contributed by atoms with Crippen molar-refractivity contribution in [1.29, 1.82) is 0 Å². The topological polar surface area (TPSA) is 42.3 Å². The van der Waals surface area contributed by atoms with E-state index in [9.17, 15) is 0 Å². The van der Waals surface area contributed by atoms with Gasteiger partial charge in [-0.3, -0.25) is 4.90 Å². The molecule has 1 saturated heterocycles. The van der Waals surface area contributed by atoms with E-state index < -0.39 is 0 Å². The van der Waals surface area contributed by atoms with Gasteiger partial charge < -0.3 is 14.6 Å². The maximum Gasteiger partial charge on any atom is 0.127 e. The van der Waals surface area contributed by atoms with E-state index in [4.69, 9.17) is 4.74 Å². The van der Waals surface area contributed by atoms with Gasteiger partial charge in [-0.2, -0.15) is 0 Å². The van der Waals surface area contributed by atoms with Gasteiger partial charge in [0.15, 0.2) is 0 Å². The molecule has 2 aliphatic heterocycles. The molecular weight excluding hydrogens is 336 g/mol. The number of rotatable bonds is 3. The predicted octanol–water partition coefficient (Wildman–Crippen LogP) is 2.70. The molecule has 0 amide bonds. The highest BCUT2D eigenvalue weighted by Crippen LogP contribution is 2.38. The number of imidazole rings is 1. The van der Waals surface area contributed by atoms with Crippen LogP contribution in [0.3, 0.4) is 0 Å². The number of ether oxygens (including phenoxy) is 1. The zero-order valence-corrected chi connectivity index (χ0v) is 16.0. The van der Waals surface area contributed by atoms with Gasteiger partial charge in [0.05, 0.1) is 6.04 Å². The number of hydrogen-bond donors (Lipinski definition) is 1. The Morgan fingerprint density at radius 3 is 2.96 bits per heavy atom. The smallest absolute Gasteiger partial charge is 0.127 e. The fraction of sp³-hybridized carbons (Fsp3) is 0.526. The first-order valence-electron chi connectivity index (χ1n) is 8.75. The summed E-state index contributed by atoms with van der Waals surface area (Å²) in [4.78, 5) is 7.09. The lowest BCUT2D eigenvalue weighted by molar-refractivity contribution is 0.125. The predicted molar refractivity (Wildman–Crippen MR) is 101 cm³/mol. The Morgan fingerprint density at radius 1 is 1.36 bits per heavy atom. The van der Waals surface area contributed by atoms with Crippen molar-refractivity contribution >= 4 is 12.4 Å². The summed E-state index contributed by atoms with van der Waals surface area (Å²) in [5.74, 6) is 2.22. The van der Waals surface area contributed by atoms with Gasteiger partial charge in [0.25, 0.3) is 0 Å². The molecule has 1 aromatic heterocycles. The Morgan fingerprint density at radius 2 is 2.20 bits per heavy atom. The lowest BCUT2D eigenvalue weighted by Crippen LogP contribution is -2.46. The number of hydrogen-bond acceptors (Lipinski definition) is 4. The molecular formula is C19H27ClN4O. The molecule has 2 aliphatic rings. The first kappa shape index (κ1) is 18.2. The number of halogens is 1. The lowest BCUT2D eigenvalue weighted by Gasteiger charge is -2.36. The molecule has 6 heteroatoms. The van der Waals surface area contributed by atoms with Crippen molar-refractivity contribution in [3.63, 3.8) is 0 Å². The van der Waals surface area contributed by atoms with Crippen molar-refractivity contribution in [3.05, 3.63) is 47.5 Å². The normalized spacial score (nSPS) is 22.1. The summed E-state index contributed by atoms with van der Waals surface area (Å²) in [5, 5.41) is 3.51. The molecule has 0 radical (unpaired) electrons. The maximum atomic E-state index is 6.25. The standard InChI is InChI=1S/C19H26N4O.ClH/c1-19(2)11-14-5-4-6-15(17(14)24-19)13-23-10-7-20-12-16(23)18-21-8-9-22(18)3;/h4-6,8-9,16,20H,7,10-13H2,1-3H3;1H. The summed E-state index contributed by atoms with van der Waals surface area (Å²) < 4.78 is 8.38. The largest absolute Gasteiger partial charge is 0.487 e. The van der Waals surface area contributed by atoms with Crippen molar-refractivity contribution in [2.45, 2.75) is 38.5 Å². The van der Waals surface area contributed by atoms with Crippen LogP contribution in [0.15, 0.2) is 30.6 Å². The van der Waals surface area contributed by atoms with Gasteiger partial charge in [0, 0.05) is 57.6 Å². The van der Waals surface area contributed by atoms with Crippen LogP contribution >= 0.6 is 12.4 Å². The van der Waals surface area contributed by atoms with E-state index >= 15 is 0 Å². The van der Waals surface area contributed by atoms with Crippen molar-refractivity contribution in [2.75, 3.05) is 19.6 Å². The zero-order valence-electron chi connectivity index (χ0n) is 15.2. The van der Waals surface area contributed by atoms with Gasteiger partial charge >= 0.3 is 0 Å².